The van der Waals surface area contributed by atoms with Crippen LogP contribution in [0.25, 0.3) is 0 Å². The van der Waals surface area contributed by atoms with E-state index >= 15 is 0 Å². The van der Waals surface area contributed by atoms with Gasteiger partial charge in [0, 0.05) is 18.2 Å². The van der Waals surface area contributed by atoms with Crippen molar-refractivity contribution in [3.8, 4) is 5.75 Å². The summed E-state index contributed by atoms with van der Waals surface area (Å²) in [4.78, 5) is 0. The first-order valence-electron chi connectivity index (χ1n) is 5.54. The molecule has 1 aliphatic rings. The van der Waals surface area contributed by atoms with Crippen LogP contribution < -0.4 is 15.8 Å². The summed E-state index contributed by atoms with van der Waals surface area (Å²) in [5.41, 5.74) is 6.31. The first-order chi connectivity index (χ1) is 7.69. The van der Waals surface area contributed by atoms with Crippen LogP contribution in [-0.4, -0.2) is 19.2 Å². The molecule has 3 nitrogen and oxygen atoms in total. The molecule has 2 atom stereocenters. The lowest BCUT2D eigenvalue weighted by atomic mass is 10.2. The van der Waals surface area contributed by atoms with Crippen molar-refractivity contribution in [2.75, 3.05) is 12.4 Å². The number of methoxy groups -OCH3 is 1. The lowest BCUT2D eigenvalue weighted by molar-refractivity contribution is 0.414. The molecule has 0 aromatic heterocycles. The SMILES string of the molecule is COc1ccc(F)c(NC2CCC(N)C2)c1. The average molecular weight is 224 g/mol. The molecular formula is C12H17FN2O. The predicted octanol–water partition coefficient (Wildman–Crippen LogP) is 2.13. The lowest BCUT2D eigenvalue weighted by Crippen LogP contribution is -2.21. The fraction of sp³-hybridized carbons (Fsp3) is 0.500. The van der Waals surface area contributed by atoms with E-state index in [1.54, 1.807) is 19.2 Å². The first-order valence-corrected chi connectivity index (χ1v) is 5.54. The molecule has 1 saturated carbocycles. The Morgan fingerprint density at radius 2 is 2.25 bits per heavy atom. The van der Waals surface area contributed by atoms with Crippen molar-refractivity contribution in [1.29, 1.82) is 0 Å². The molecule has 0 radical (unpaired) electrons. The van der Waals surface area contributed by atoms with Crippen molar-refractivity contribution < 1.29 is 9.13 Å². The number of nitrogens with one attached hydrogen (secondary N) is 1. The number of ether oxygens (including phenoxy) is 1. The maximum Gasteiger partial charge on any atom is 0.146 e. The second-order valence-electron chi connectivity index (χ2n) is 4.26. The van der Waals surface area contributed by atoms with Crippen LogP contribution in [0, 0.1) is 5.82 Å². The van der Waals surface area contributed by atoms with Crippen LogP contribution in [0.2, 0.25) is 0 Å². The van der Waals surface area contributed by atoms with Gasteiger partial charge in [-0.2, -0.15) is 0 Å². The second-order valence-corrected chi connectivity index (χ2v) is 4.26. The molecule has 0 saturated heterocycles. The van der Waals surface area contributed by atoms with Gasteiger partial charge in [0.15, 0.2) is 0 Å². The number of nitrogens with two attached hydrogens (primary N) is 1. The van der Waals surface area contributed by atoms with Crippen LogP contribution >= 0.6 is 0 Å². The first kappa shape index (κ1) is 11.2. The molecule has 1 aliphatic carbocycles. The molecule has 2 unspecified atom stereocenters. The number of hydrogen-bond acceptors (Lipinski definition) is 3. The molecule has 0 amide bonds. The summed E-state index contributed by atoms with van der Waals surface area (Å²) in [5, 5.41) is 3.18. The van der Waals surface area contributed by atoms with Gasteiger partial charge in [0.25, 0.3) is 0 Å². The predicted molar refractivity (Wildman–Crippen MR) is 62.2 cm³/mol. The highest BCUT2D eigenvalue weighted by Crippen LogP contribution is 2.26. The molecule has 1 fully saturated rings. The van der Waals surface area contributed by atoms with Gasteiger partial charge in [-0.25, -0.2) is 4.39 Å². The van der Waals surface area contributed by atoms with Crippen LogP contribution in [0.5, 0.6) is 5.75 Å². The third-order valence-electron chi connectivity index (χ3n) is 3.01. The topological polar surface area (TPSA) is 47.3 Å². The zero-order chi connectivity index (χ0) is 11.5. The number of benzene rings is 1. The summed E-state index contributed by atoms with van der Waals surface area (Å²) in [5.74, 6) is 0.410. The highest BCUT2D eigenvalue weighted by atomic mass is 19.1. The minimum atomic E-state index is -0.249. The summed E-state index contributed by atoms with van der Waals surface area (Å²) in [6.45, 7) is 0. The zero-order valence-corrected chi connectivity index (χ0v) is 9.37. The molecule has 0 aliphatic heterocycles. The van der Waals surface area contributed by atoms with E-state index < -0.39 is 0 Å². The van der Waals surface area contributed by atoms with Crippen molar-refractivity contribution in [2.45, 2.75) is 31.3 Å². The van der Waals surface area contributed by atoms with Crippen molar-refractivity contribution in [2.24, 2.45) is 5.73 Å². The van der Waals surface area contributed by atoms with Crippen LogP contribution in [0.15, 0.2) is 18.2 Å². The molecule has 2 rings (SSSR count). The molecule has 0 spiro atoms. The van der Waals surface area contributed by atoms with E-state index in [0.717, 1.165) is 19.3 Å². The van der Waals surface area contributed by atoms with Crippen molar-refractivity contribution in [1.82, 2.24) is 0 Å². The van der Waals surface area contributed by atoms with E-state index in [0.29, 0.717) is 11.4 Å². The molecular weight excluding hydrogens is 207 g/mol. The molecule has 0 bridgehead atoms. The Bertz CT molecular complexity index is 370. The van der Waals surface area contributed by atoms with Crippen molar-refractivity contribution in [3.05, 3.63) is 24.0 Å². The van der Waals surface area contributed by atoms with Gasteiger partial charge in [-0.3, -0.25) is 0 Å². The van der Waals surface area contributed by atoms with Gasteiger partial charge in [-0.15, -0.1) is 0 Å². The van der Waals surface area contributed by atoms with Gasteiger partial charge in [0.2, 0.25) is 0 Å². The van der Waals surface area contributed by atoms with Crippen LogP contribution in [-0.2, 0) is 0 Å². The van der Waals surface area contributed by atoms with Gasteiger partial charge in [-0.1, -0.05) is 0 Å². The molecule has 4 heteroatoms. The van der Waals surface area contributed by atoms with Gasteiger partial charge in [0.1, 0.15) is 11.6 Å². The summed E-state index contributed by atoms with van der Waals surface area (Å²) in [6.07, 6.45) is 2.90. The zero-order valence-electron chi connectivity index (χ0n) is 9.37. The number of rotatable bonds is 3. The number of anilines is 1. The maximum atomic E-state index is 13.5. The van der Waals surface area contributed by atoms with E-state index in [-0.39, 0.29) is 17.9 Å². The molecule has 16 heavy (non-hydrogen) atoms. The fourth-order valence-corrected chi connectivity index (χ4v) is 2.11. The second kappa shape index (κ2) is 4.70. The molecule has 1 aromatic rings. The lowest BCUT2D eigenvalue weighted by Gasteiger charge is -2.15. The normalized spacial score (nSPS) is 24.4. The van der Waals surface area contributed by atoms with E-state index in [9.17, 15) is 4.39 Å². The van der Waals surface area contributed by atoms with E-state index in [1.165, 1.54) is 6.07 Å². The Kier molecular flexibility index (Phi) is 3.29. The fourth-order valence-electron chi connectivity index (χ4n) is 2.11. The van der Waals surface area contributed by atoms with Gasteiger partial charge in [0.05, 0.1) is 12.8 Å². The Balaban J connectivity index is 2.08. The Hall–Kier alpha value is -1.29. The number of hydrogen-bond donors (Lipinski definition) is 2. The Morgan fingerprint density at radius 3 is 2.88 bits per heavy atom. The summed E-state index contributed by atoms with van der Waals surface area (Å²) in [6, 6.07) is 5.22. The monoisotopic (exact) mass is 224 g/mol. The summed E-state index contributed by atoms with van der Waals surface area (Å²) in [7, 11) is 1.57. The third-order valence-corrected chi connectivity index (χ3v) is 3.01. The highest BCUT2D eigenvalue weighted by Gasteiger charge is 2.22. The largest absolute Gasteiger partial charge is 0.497 e. The third kappa shape index (κ3) is 2.44. The van der Waals surface area contributed by atoms with Crippen LogP contribution in [0.4, 0.5) is 10.1 Å². The van der Waals surface area contributed by atoms with E-state index in [1.807, 2.05) is 0 Å². The van der Waals surface area contributed by atoms with Crippen molar-refractivity contribution in [3.63, 3.8) is 0 Å². The number of halogens is 1. The van der Waals surface area contributed by atoms with Gasteiger partial charge in [-0.05, 0) is 31.4 Å². The molecule has 88 valence electrons. The smallest absolute Gasteiger partial charge is 0.146 e. The van der Waals surface area contributed by atoms with E-state index in [4.69, 9.17) is 10.5 Å². The quantitative estimate of drug-likeness (QED) is 0.826. The summed E-state index contributed by atoms with van der Waals surface area (Å²) < 4.78 is 18.6. The van der Waals surface area contributed by atoms with Crippen LogP contribution in [0.1, 0.15) is 19.3 Å². The summed E-state index contributed by atoms with van der Waals surface area (Å²) >= 11 is 0. The molecule has 0 heterocycles. The van der Waals surface area contributed by atoms with Crippen molar-refractivity contribution >= 4 is 5.69 Å². The minimum absolute atomic E-state index is 0.242. The van der Waals surface area contributed by atoms with Gasteiger partial charge >= 0.3 is 0 Å². The minimum Gasteiger partial charge on any atom is -0.497 e. The molecule has 3 N–H and O–H groups in total. The Morgan fingerprint density at radius 1 is 1.44 bits per heavy atom. The molecule has 1 aromatic carbocycles. The van der Waals surface area contributed by atoms with Crippen LogP contribution in [0.3, 0.4) is 0 Å². The standard InChI is InChI=1S/C12H17FN2O/c1-16-10-4-5-11(13)12(7-10)15-9-3-2-8(14)6-9/h4-5,7-9,15H,2-3,6,14H2,1H3. The average Bonchev–Trinajstić information content (AvgIpc) is 2.67. The highest BCUT2D eigenvalue weighted by molar-refractivity contribution is 5.50. The van der Waals surface area contributed by atoms with E-state index in [2.05, 4.69) is 5.32 Å². The maximum absolute atomic E-state index is 13.5. The van der Waals surface area contributed by atoms with Gasteiger partial charge < -0.3 is 15.8 Å². The Labute approximate surface area is 94.8 Å².